The molecule has 3 aliphatic heterocycles. The lowest BCUT2D eigenvalue weighted by atomic mass is 9.79. The van der Waals surface area contributed by atoms with Gasteiger partial charge in [-0.2, -0.15) is 0 Å². The molecular weight excluding hydrogens is 604 g/mol. The molecule has 10 heteroatoms. The summed E-state index contributed by atoms with van der Waals surface area (Å²) < 4.78 is 6.04. The predicted octanol–water partition coefficient (Wildman–Crippen LogP) is 5.40. The number of aliphatic hydroxyl groups is 1. The summed E-state index contributed by atoms with van der Waals surface area (Å²) >= 11 is 0. The summed E-state index contributed by atoms with van der Waals surface area (Å²) in [5.41, 5.74) is 0.968. The number of amides is 3. The van der Waals surface area contributed by atoms with Crippen molar-refractivity contribution >= 4 is 30.1 Å². The van der Waals surface area contributed by atoms with Crippen molar-refractivity contribution in [2.75, 3.05) is 32.7 Å². The van der Waals surface area contributed by atoms with Gasteiger partial charge in [0, 0.05) is 44.8 Å². The zero-order valence-corrected chi connectivity index (χ0v) is 28.4. The maximum Gasteiger partial charge on any atom is 0.253 e. The zero-order valence-electron chi connectivity index (χ0n) is 27.6. The number of unbranched alkanes of at least 4 members (excludes halogenated alkanes) is 1. The number of ether oxygens (including phenoxy) is 1. The number of piperazine rings is 1. The summed E-state index contributed by atoms with van der Waals surface area (Å²) in [6.45, 7) is 10.4. The van der Waals surface area contributed by atoms with E-state index in [1.165, 1.54) is 0 Å². The van der Waals surface area contributed by atoms with Gasteiger partial charge in [0.1, 0.15) is 23.1 Å². The third kappa shape index (κ3) is 7.69. The highest BCUT2D eigenvalue weighted by Gasteiger charge is 2.55. The topological polar surface area (TPSA) is 102 Å². The number of nitrogens with one attached hydrogen (secondary N) is 1. The van der Waals surface area contributed by atoms with Gasteiger partial charge in [0.2, 0.25) is 11.8 Å². The number of hydrogen-bond donors (Lipinski definition) is 2. The van der Waals surface area contributed by atoms with Crippen LogP contribution in [0, 0.1) is 5.92 Å². The molecule has 2 atom stereocenters. The molecule has 0 aliphatic carbocycles. The number of piperidine rings is 1. The van der Waals surface area contributed by atoms with Gasteiger partial charge in [0.05, 0.1) is 6.10 Å². The van der Waals surface area contributed by atoms with Crippen molar-refractivity contribution in [1.82, 2.24) is 20.0 Å². The summed E-state index contributed by atoms with van der Waals surface area (Å²) in [7, 11) is 0. The lowest BCUT2D eigenvalue weighted by molar-refractivity contribution is -0.165. The average Bonchev–Trinajstić information content (AvgIpc) is 3.61. The summed E-state index contributed by atoms with van der Waals surface area (Å²) in [6, 6.07) is 14.5. The maximum atomic E-state index is 13.8. The van der Waals surface area contributed by atoms with Crippen molar-refractivity contribution in [3.63, 3.8) is 0 Å². The SMILES string of the molecule is CCCCN1C(=O)[C@@H]([C@H](O)C(CC)CC)NC(=O)C12CCN(Cc1ccc(Oc3ccc(C(=O)N4CCCC4)cc3)cc1)CC2.Cl. The van der Waals surface area contributed by atoms with Gasteiger partial charge in [0.25, 0.3) is 5.91 Å². The first kappa shape index (κ1) is 35.7. The molecule has 5 rings (SSSR count). The lowest BCUT2D eigenvalue weighted by Gasteiger charge is -2.52. The van der Waals surface area contributed by atoms with E-state index in [0.717, 1.165) is 69.5 Å². The van der Waals surface area contributed by atoms with Crippen LogP contribution in [0.5, 0.6) is 11.5 Å². The third-order valence-corrected chi connectivity index (χ3v) is 10.1. The minimum Gasteiger partial charge on any atom is -0.457 e. The van der Waals surface area contributed by atoms with Crippen LogP contribution in [0.1, 0.15) is 88.1 Å². The van der Waals surface area contributed by atoms with Gasteiger partial charge in [-0.1, -0.05) is 52.2 Å². The van der Waals surface area contributed by atoms with Crippen molar-refractivity contribution in [3.05, 3.63) is 59.7 Å². The molecule has 0 radical (unpaired) electrons. The number of hydrogen-bond acceptors (Lipinski definition) is 6. The van der Waals surface area contributed by atoms with Gasteiger partial charge in [-0.15, -0.1) is 12.4 Å². The zero-order chi connectivity index (χ0) is 32.0. The monoisotopic (exact) mass is 654 g/mol. The third-order valence-electron chi connectivity index (χ3n) is 10.1. The van der Waals surface area contributed by atoms with Crippen molar-refractivity contribution in [2.24, 2.45) is 5.92 Å². The van der Waals surface area contributed by atoms with Crippen LogP contribution in [-0.4, -0.2) is 87.9 Å². The van der Waals surface area contributed by atoms with Crippen molar-refractivity contribution in [2.45, 2.75) is 96.4 Å². The number of carbonyl (C=O) groups excluding carboxylic acids is 3. The quantitative estimate of drug-likeness (QED) is 0.318. The van der Waals surface area contributed by atoms with E-state index in [1.807, 2.05) is 60.0 Å². The Balaban J connectivity index is 0.00000480. The van der Waals surface area contributed by atoms with Crippen LogP contribution in [-0.2, 0) is 16.1 Å². The van der Waals surface area contributed by atoms with Gasteiger partial charge >= 0.3 is 0 Å². The summed E-state index contributed by atoms with van der Waals surface area (Å²) in [6.07, 6.45) is 5.67. The second-order valence-electron chi connectivity index (χ2n) is 12.9. The first-order valence-electron chi connectivity index (χ1n) is 17.0. The molecular formula is C36H51ClN4O5. The fourth-order valence-electron chi connectivity index (χ4n) is 7.16. The van der Waals surface area contributed by atoms with Crippen LogP contribution in [0.3, 0.4) is 0 Å². The fraction of sp³-hybridized carbons (Fsp3) is 0.583. The van der Waals surface area contributed by atoms with E-state index < -0.39 is 17.7 Å². The first-order valence-corrected chi connectivity index (χ1v) is 17.0. The molecule has 3 amide bonds. The van der Waals surface area contributed by atoms with Crippen molar-refractivity contribution in [3.8, 4) is 11.5 Å². The Morgan fingerprint density at radius 2 is 1.52 bits per heavy atom. The van der Waals surface area contributed by atoms with Crippen LogP contribution >= 0.6 is 12.4 Å². The smallest absolute Gasteiger partial charge is 0.253 e. The van der Waals surface area contributed by atoms with E-state index in [-0.39, 0.29) is 36.0 Å². The van der Waals surface area contributed by atoms with E-state index in [4.69, 9.17) is 4.74 Å². The molecule has 3 heterocycles. The highest BCUT2D eigenvalue weighted by Crippen LogP contribution is 2.35. The number of aliphatic hydroxyl groups excluding tert-OH is 1. The standard InChI is InChI=1S/C36H50N4O5.ClH/c1-4-7-22-40-34(43)31(32(41)27(5-2)6-3)37-35(44)36(40)18-23-38(24-19-36)25-26-10-14-29(15-11-26)45-30-16-12-28(13-17-30)33(42)39-20-8-9-21-39;/h10-17,27,31-32,41H,4-9,18-25H2,1-3H3,(H,37,44);1H/t31-,32-;/m1./s1. The number of carbonyl (C=O) groups is 3. The van der Waals surface area contributed by atoms with Crippen LogP contribution in [0.4, 0.5) is 0 Å². The minimum atomic E-state index is -0.881. The number of halogens is 1. The molecule has 3 saturated heterocycles. The number of rotatable bonds is 12. The first-order chi connectivity index (χ1) is 21.8. The Labute approximate surface area is 280 Å². The Morgan fingerprint density at radius 1 is 0.935 bits per heavy atom. The minimum absolute atomic E-state index is 0. The molecule has 0 saturated carbocycles. The van der Waals surface area contributed by atoms with Gasteiger partial charge in [0.15, 0.2) is 0 Å². The Morgan fingerprint density at radius 3 is 2.09 bits per heavy atom. The molecule has 3 aliphatic rings. The van der Waals surface area contributed by atoms with Crippen LogP contribution in [0.15, 0.2) is 48.5 Å². The van der Waals surface area contributed by atoms with Gasteiger partial charge in [-0.05, 0) is 80.0 Å². The molecule has 3 fully saturated rings. The predicted molar refractivity (Wildman–Crippen MR) is 181 cm³/mol. The molecule has 2 aromatic carbocycles. The second kappa shape index (κ2) is 16.1. The highest BCUT2D eigenvalue weighted by atomic mass is 35.5. The van der Waals surface area contributed by atoms with Crippen molar-refractivity contribution < 1.29 is 24.2 Å². The maximum absolute atomic E-state index is 13.8. The fourth-order valence-corrected chi connectivity index (χ4v) is 7.16. The second-order valence-corrected chi connectivity index (χ2v) is 12.9. The summed E-state index contributed by atoms with van der Waals surface area (Å²) in [5.74, 6) is 1.20. The van der Waals surface area contributed by atoms with Crippen LogP contribution < -0.4 is 10.1 Å². The Hall–Kier alpha value is -3.14. The van der Waals surface area contributed by atoms with Gasteiger partial charge in [-0.3, -0.25) is 19.3 Å². The molecule has 46 heavy (non-hydrogen) atoms. The molecule has 0 aromatic heterocycles. The molecule has 0 bridgehead atoms. The van der Waals surface area contributed by atoms with Crippen LogP contribution in [0.25, 0.3) is 0 Å². The molecule has 1 spiro atoms. The lowest BCUT2D eigenvalue weighted by Crippen LogP contribution is -2.75. The average molecular weight is 655 g/mol. The summed E-state index contributed by atoms with van der Waals surface area (Å²) in [5, 5.41) is 14.0. The van der Waals surface area contributed by atoms with Gasteiger partial charge < -0.3 is 25.0 Å². The van der Waals surface area contributed by atoms with E-state index in [1.54, 1.807) is 0 Å². The molecule has 9 nitrogen and oxygen atoms in total. The van der Waals surface area contributed by atoms with Gasteiger partial charge in [-0.25, -0.2) is 0 Å². The molecule has 2 N–H and O–H groups in total. The Bertz CT molecular complexity index is 1300. The molecule has 252 valence electrons. The Kier molecular flexibility index (Phi) is 12.5. The van der Waals surface area contributed by atoms with E-state index in [9.17, 15) is 19.5 Å². The normalized spacial score (nSPS) is 20.5. The van der Waals surface area contributed by atoms with E-state index in [2.05, 4.69) is 29.3 Å². The number of nitrogens with zero attached hydrogens (tertiary/aromatic N) is 3. The highest BCUT2D eigenvalue weighted by molar-refractivity contribution is 6.00. The number of likely N-dealkylation sites (tertiary alicyclic amines) is 2. The van der Waals surface area contributed by atoms with Crippen molar-refractivity contribution in [1.29, 1.82) is 0 Å². The van der Waals surface area contributed by atoms with E-state index in [0.29, 0.717) is 43.8 Å². The largest absolute Gasteiger partial charge is 0.457 e. The summed E-state index contributed by atoms with van der Waals surface area (Å²) in [4.78, 5) is 46.1. The number of benzene rings is 2. The molecule has 2 aromatic rings. The molecule has 0 unspecified atom stereocenters. The van der Waals surface area contributed by atoms with Crippen LogP contribution in [0.2, 0.25) is 0 Å². The van der Waals surface area contributed by atoms with E-state index >= 15 is 0 Å².